The number of hydrogen-bond acceptors (Lipinski definition) is 2. The maximum atomic E-state index is 13.1. The van der Waals surface area contributed by atoms with Gasteiger partial charge in [0.2, 0.25) is 0 Å². The van der Waals surface area contributed by atoms with Crippen LogP contribution in [0, 0.1) is 11.6 Å². The third-order valence-electron chi connectivity index (χ3n) is 1.58. The van der Waals surface area contributed by atoms with Crippen LogP contribution in [0.1, 0.15) is 0 Å². The molecular formula is C8H5F2N3. The molecule has 0 radical (unpaired) electrons. The zero-order chi connectivity index (χ0) is 9.26. The molecular weight excluding hydrogens is 176 g/mol. The Morgan fingerprint density at radius 3 is 2.69 bits per heavy atom. The zero-order valence-electron chi connectivity index (χ0n) is 6.48. The topological polar surface area (TPSA) is 30.7 Å². The van der Waals surface area contributed by atoms with Crippen LogP contribution in [0.15, 0.2) is 30.6 Å². The Kier molecular flexibility index (Phi) is 1.77. The van der Waals surface area contributed by atoms with Gasteiger partial charge in [0, 0.05) is 6.07 Å². The second kappa shape index (κ2) is 2.93. The first kappa shape index (κ1) is 7.85. The highest BCUT2D eigenvalue weighted by Crippen LogP contribution is 2.12. The molecule has 0 aliphatic heterocycles. The van der Waals surface area contributed by atoms with Crippen molar-refractivity contribution in [1.29, 1.82) is 0 Å². The molecule has 13 heavy (non-hydrogen) atoms. The summed E-state index contributed by atoms with van der Waals surface area (Å²) in [5.41, 5.74) is 0.180. The second-order valence-electron chi connectivity index (χ2n) is 2.44. The molecule has 2 rings (SSSR count). The minimum Gasteiger partial charge on any atom is -0.218 e. The van der Waals surface area contributed by atoms with Crippen molar-refractivity contribution in [2.45, 2.75) is 0 Å². The summed E-state index contributed by atoms with van der Waals surface area (Å²) in [5, 5.41) is 7.10. The SMILES string of the molecule is Fc1ccc(-n2ccnn2)c(F)c1. The van der Waals surface area contributed by atoms with Gasteiger partial charge in [-0.25, -0.2) is 13.5 Å². The largest absolute Gasteiger partial charge is 0.218 e. The predicted molar refractivity (Wildman–Crippen MR) is 41.3 cm³/mol. The molecule has 66 valence electrons. The van der Waals surface area contributed by atoms with E-state index in [0.29, 0.717) is 0 Å². The summed E-state index contributed by atoms with van der Waals surface area (Å²) in [6, 6.07) is 3.27. The minimum absolute atomic E-state index is 0.180. The molecule has 2 aromatic rings. The molecule has 0 atom stereocenters. The molecule has 0 unspecified atom stereocenters. The lowest BCUT2D eigenvalue weighted by Gasteiger charge is -2.00. The van der Waals surface area contributed by atoms with Gasteiger partial charge in [0.1, 0.15) is 11.5 Å². The van der Waals surface area contributed by atoms with Crippen molar-refractivity contribution in [3.63, 3.8) is 0 Å². The molecule has 0 aliphatic rings. The Morgan fingerprint density at radius 2 is 2.08 bits per heavy atom. The molecule has 0 amide bonds. The van der Waals surface area contributed by atoms with Crippen LogP contribution in [0.2, 0.25) is 0 Å². The molecule has 0 fully saturated rings. The third-order valence-corrected chi connectivity index (χ3v) is 1.58. The van der Waals surface area contributed by atoms with E-state index in [1.54, 1.807) is 0 Å². The quantitative estimate of drug-likeness (QED) is 0.668. The molecule has 0 N–H and O–H groups in total. The van der Waals surface area contributed by atoms with Crippen molar-refractivity contribution in [1.82, 2.24) is 15.0 Å². The van der Waals surface area contributed by atoms with Crippen molar-refractivity contribution >= 4 is 0 Å². The number of rotatable bonds is 1. The fraction of sp³-hybridized carbons (Fsp3) is 0. The summed E-state index contributed by atoms with van der Waals surface area (Å²) in [6.45, 7) is 0. The number of hydrogen-bond donors (Lipinski definition) is 0. The molecule has 5 heteroatoms. The van der Waals surface area contributed by atoms with Crippen LogP contribution in [0.4, 0.5) is 8.78 Å². The number of aromatic nitrogens is 3. The Morgan fingerprint density at radius 1 is 1.23 bits per heavy atom. The van der Waals surface area contributed by atoms with Gasteiger partial charge in [-0.05, 0) is 12.1 Å². The average Bonchev–Trinajstić information content (AvgIpc) is 2.56. The highest BCUT2D eigenvalue weighted by molar-refractivity contribution is 5.32. The first-order valence-corrected chi connectivity index (χ1v) is 3.59. The lowest BCUT2D eigenvalue weighted by molar-refractivity contribution is 0.572. The van der Waals surface area contributed by atoms with Gasteiger partial charge in [-0.15, -0.1) is 5.10 Å². The summed E-state index contributed by atoms with van der Waals surface area (Å²) in [4.78, 5) is 0. The molecule has 0 aliphatic carbocycles. The van der Waals surface area contributed by atoms with Crippen molar-refractivity contribution in [3.05, 3.63) is 42.2 Å². The summed E-state index contributed by atoms with van der Waals surface area (Å²) in [5.74, 6) is -1.27. The van der Waals surface area contributed by atoms with E-state index in [2.05, 4.69) is 10.3 Å². The summed E-state index contributed by atoms with van der Waals surface area (Å²) < 4.78 is 26.8. The molecule has 1 heterocycles. The van der Waals surface area contributed by atoms with Crippen molar-refractivity contribution in [2.75, 3.05) is 0 Å². The van der Waals surface area contributed by atoms with Crippen molar-refractivity contribution < 1.29 is 8.78 Å². The van der Waals surface area contributed by atoms with E-state index >= 15 is 0 Å². The van der Waals surface area contributed by atoms with Crippen LogP contribution in [-0.2, 0) is 0 Å². The van der Waals surface area contributed by atoms with Crippen LogP contribution in [0.5, 0.6) is 0 Å². The standard InChI is InChI=1S/C8H5F2N3/c9-6-1-2-8(7(10)5-6)13-4-3-11-12-13/h1-5H. The van der Waals surface area contributed by atoms with Gasteiger partial charge in [-0.3, -0.25) is 0 Å². The maximum absolute atomic E-state index is 13.1. The molecule has 0 saturated heterocycles. The average molecular weight is 181 g/mol. The molecule has 1 aromatic heterocycles. The second-order valence-corrected chi connectivity index (χ2v) is 2.44. The van der Waals surface area contributed by atoms with E-state index in [0.717, 1.165) is 6.07 Å². The fourth-order valence-electron chi connectivity index (χ4n) is 1.00. The minimum atomic E-state index is -0.662. The van der Waals surface area contributed by atoms with Gasteiger partial charge in [0.15, 0.2) is 5.82 Å². The van der Waals surface area contributed by atoms with Crippen LogP contribution >= 0.6 is 0 Å². The normalized spacial score (nSPS) is 10.3. The Labute approximate surface area is 72.6 Å². The van der Waals surface area contributed by atoms with Crippen LogP contribution in [0.3, 0.4) is 0 Å². The predicted octanol–water partition coefficient (Wildman–Crippen LogP) is 1.55. The number of benzene rings is 1. The monoisotopic (exact) mass is 181 g/mol. The van der Waals surface area contributed by atoms with E-state index in [1.807, 2.05) is 0 Å². The Hall–Kier alpha value is -1.78. The lowest BCUT2D eigenvalue weighted by atomic mass is 10.3. The summed E-state index contributed by atoms with van der Waals surface area (Å²) in [6.07, 6.45) is 2.90. The number of nitrogens with zero attached hydrogens (tertiary/aromatic N) is 3. The Balaban J connectivity index is 2.53. The van der Waals surface area contributed by atoms with E-state index in [1.165, 1.54) is 29.2 Å². The van der Waals surface area contributed by atoms with Gasteiger partial charge >= 0.3 is 0 Å². The summed E-state index contributed by atoms with van der Waals surface area (Å²) in [7, 11) is 0. The van der Waals surface area contributed by atoms with E-state index < -0.39 is 11.6 Å². The highest BCUT2D eigenvalue weighted by atomic mass is 19.1. The smallest absolute Gasteiger partial charge is 0.151 e. The molecule has 3 nitrogen and oxygen atoms in total. The fourth-order valence-corrected chi connectivity index (χ4v) is 1.00. The number of halogens is 2. The van der Waals surface area contributed by atoms with Crippen LogP contribution < -0.4 is 0 Å². The summed E-state index contributed by atoms with van der Waals surface area (Å²) >= 11 is 0. The first-order chi connectivity index (χ1) is 6.27. The van der Waals surface area contributed by atoms with Crippen LogP contribution in [0.25, 0.3) is 5.69 Å². The Bertz CT molecular complexity index is 411. The van der Waals surface area contributed by atoms with Crippen LogP contribution in [-0.4, -0.2) is 15.0 Å². The van der Waals surface area contributed by atoms with Crippen molar-refractivity contribution in [3.8, 4) is 5.69 Å². The molecule has 0 saturated carbocycles. The first-order valence-electron chi connectivity index (χ1n) is 3.59. The molecule has 0 spiro atoms. The maximum Gasteiger partial charge on any atom is 0.151 e. The van der Waals surface area contributed by atoms with Gasteiger partial charge in [-0.1, -0.05) is 5.21 Å². The molecule has 0 bridgehead atoms. The van der Waals surface area contributed by atoms with E-state index in [-0.39, 0.29) is 5.69 Å². The van der Waals surface area contributed by atoms with Gasteiger partial charge in [-0.2, -0.15) is 0 Å². The lowest BCUT2D eigenvalue weighted by Crippen LogP contribution is -1.98. The molecule has 1 aromatic carbocycles. The van der Waals surface area contributed by atoms with Gasteiger partial charge in [0.25, 0.3) is 0 Å². The zero-order valence-corrected chi connectivity index (χ0v) is 6.48. The third kappa shape index (κ3) is 1.40. The van der Waals surface area contributed by atoms with E-state index in [9.17, 15) is 8.78 Å². The van der Waals surface area contributed by atoms with E-state index in [4.69, 9.17) is 0 Å². The van der Waals surface area contributed by atoms with Gasteiger partial charge in [0.05, 0.1) is 12.4 Å². The van der Waals surface area contributed by atoms with Gasteiger partial charge < -0.3 is 0 Å². The van der Waals surface area contributed by atoms with Crippen molar-refractivity contribution in [2.24, 2.45) is 0 Å². The highest BCUT2D eigenvalue weighted by Gasteiger charge is 2.05.